The summed E-state index contributed by atoms with van der Waals surface area (Å²) in [6.45, 7) is 3.25. The van der Waals surface area contributed by atoms with Crippen molar-refractivity contribution >= 4 is 5.91 Å². The van der Waals surface area contributed by atoms with Crippen LogP contribution in [0.3, 0.4) is 0 Å². The molecule has 5 aliphatic rings. The fourth-order valence-corrected chi connectivity index (χ4v) is 7.75. The molecule has 0 spiro atoms. The monoisotopic (exact) mass is 458 g/mol. The Balaban J connectivity index is 1.21. The van der Waals surface area contributed by atoms with Gasteiger partial charge in [0.2, 0.25) is 0 Å². The minimum Gasteiger partial charge on any atom is -0.497 e. The summed E-state index contributed by atoms with van der Waals surface area (Å²) in [7, 11) is 1.70. The van der Waals surface area contributed by atoms with Crippen LogP contribution in [0.25, 0.3) is 11.3 Å². The Morgan fingerprint density at radius 1 is 1.15 bits per heavy atom. The number of hydrogen-bond acceptors (Lipinski definition) is 4. The number of rotatable bonds is 2. The zero-order valence-electron chi connectivity index (χ0n) is 20.1. The Hall–Kier alpha value is -2.60. The summed E-state index contributed by atoms with van der Waals surface area (Å²) < 4.78 is 5.41. The predicted molar refractivity (Wildman–Crippen MR) is 131 cm³/mol. The van der Waals surface area contributed by atoms with Crippen LogP contribution in [0.1, 0.15) is 60.1 Å². The van der Waals surface area contributed by atoms with Crippen molar-refractivity contribution in [3.8, 4) is 17.0 Å². The third kappa shape index (κ3) is 3.10. The number of aromatic nitrogens is 2. The van der Waals surface area contributed by atoms with E-state index in [2.05, 4.69) is 38.2 Å². The van der Waals surface area contributed by atoms with Crippen molar-refractivity contribution in [2.75, 3.05) is 26.7 Å². The highest BCUT2D eigenvalue weighted by Gasteiger charge is 2.47. The van der Waals surface area contributed by atoms with Crippen LogP contribution < -0.4 is 4.74 Å². The van der Waals surface area contributed by atoms with E-state index >= 15 is 0 Å². The van der Waals surface area contributed by atoms with Crippen LogP contribution >= 0.6 is 0 Å². The smallest absolute Gasteiger partial charge is 0.272 e. The SMILES string of the molecule is COc1ccc2c(c1)CCc1c-2n[nH]c1C(=O)N1CCCC2=C[C@@H]3C[C@@H](CN4CCCC[C@@H]34)[C@H]21. The van der Waals surface area contributed by atoms with E-state index in [0.29, 0.717) is 17.5 Å². The second-order valence-electron chi connectivity index (χ2n) is 11.0. The van der Waals surface area contributed by atoms with Gasteiger partial charge in [-0.05, 0) is 87.1 Å². The second-order valence-corrected chi connectivity index (χ2v) is 11.0. The lowest BCUT2D eigenvalue weighted by molar-refractivity contribution is 0.00128. The molecule has 4 heterocycles. The Labute approximate surface area is 201 Å². The summed E-state index contributed by atoms with van der Waals surface area (Å²) in [4.78, 5) is 19.0. The number of nitrogens with zero attached hydrogens (tertiary/aromatic N) is 3. The average Bonchev–Trinajstić information content (AvgIpc) is 3.32. The number of H-pyrrole nitrogens is 1. The maximum Gasteiger partial charge on any atom is 0.272 e. The molecule has 1 aromatic heterocycles. The summed E-state index contributed by atoms with van der Waals surface area (Å²) in [5.74, 6) is 2.28. The molecule has 34 heavy (non-hydrogen) atoms. The third-order valence-corrected chi connectivity index (χ3v) is 9.21. The molecular weight excluding hydrogens is 424 g/mol. The summed E-state index contributed by atoms with van der Waals surface area (Å²) in [6.07, 6.45) is 11.9. The Morgan fingerprint density at radius 3 is 3.00 bits per heavy atom. The van der Waals surface area contributed by atoms with Crippen LogP contribution in [0.2, 0.25) is 0 Å². The maximum atomic E-state index is 14.0. The molecule has 1 aromatic carbocycles. The van der Waals surface area contributed by atoms with Gasteiger partial charge in [-0.15, -0.1) is 0 Å². The van der Waals surface area contributed by atoms with Crippen molar-refractivity contribution in [3.63, 3.8) is 0 Å². The standard InChI is InChI=1S/C28H34N4O2/c1-34-21-8-10-22-17(15-21)7-9-23-25(22)29-30-26(23)28(33)32-12-4-5-18-13-19-14-20(27(18)32)16-31-11-3-2-6-24(19)31/h8,10,13,15,19-20,24,27H,2-7,9,11-12,14,16H2,1H3,(H,29,30)/t19-,20+,24+,27+/m1/s1. The number of nitrogens with one attached hydrogen (secondary N) is 1. The van der Waals surface area contributed by atoms with Crippen molar-refractivity contribution in [1.82, 2.24) is 20.0 Å². The molecule has 1 amide bonds. The van der Waals surface area contributed by atoms with Crippen LogP contribution in [-0.2, 0) is 12.8 Å². The summed E-state index contributed by atoms with van der Waals surface area (Å²) in [6, 6.07) is 7.18. The van der Waals surface area contributed by atoms with Crippen molar-refractivity contribution in [2.45, 2.75) is 63.5 Å². The van der Waals surface area contributed by atoms with Crippen LogP contribution in [0.5, 0.6) is 5.75 Å². The fraction of sp³-hybridized carbons (Fsp3) is 0.571. The summed E-state index contributed by atoms with van der Waals surface area (Å²) >= 11 is 0. The molecule has 2 bridgehead atoms. The molecule has 178 valence electrons. The predicted octanol–water partition coefficient (Wildman–Crippen LogP) is 4.22. The lowest BCUT2D eigenvalue weighted by Crippen LogP contribution is -2.60. The molecule has 0 saturated carbocycles. The first-order valence-electron chi connectivity index (χ1n) is 13.2. The van der Waals surface area contributed by atoms with Gasteiger partial charge >= 0.3 is 0 Å². The van der Waals surface area contributed by atoms with E-state index in [4.69, 9.17) is 4.74 Å². The summed E-state index contributed by atoms with van der Waals surface area (Å²) in [5, 5.41) is 7.83. The second kappa shape index (κ2) is 7.98. The van der Waals surface area contributed by atoms with E-state index in [-0.39, 0.29) is 11.9 Å². The van der Waals surface area contributed by atoms with Gasteiger partial charge in [0.1, 0.15) is 11.4 Å². The highest BCUT2D eigenvalue weighted by molar-refractivity contribution is 5.96. The van der Waals surface area contributed by atoms with E-state index < -0.39 is 0 Å². The molecule has 7 rings (SSSR count). The van der Waals surface area contributed by atoms with E-state index in [9.17, 15) is 4.79 Å². The number of ether oxygens (including phenoxy) is 1. The Kier molecular flexibility index (Phi) is 4.87. The zero-order chi connectivity index (χ0) is 22.8. The van der Waals surface area contributed by atoms with Gasteiger partial charge in [-0.2, -0.15) is 5.10 Å². The molecule has 3 aliphatic heterocycles. The topological polar surface area (TPSA) is 61.5 Å². The van der Waals surface area contributed by atoms with Gasteiger partial charge in [-0.3, -0.25) is 14.8 Å². The molecule has 0 unspecified atom stereocenters. The highest BCUT2D eigenvalue weighted by atomic mass is 16.5. The first-order valence-corrected chi connectivity index (χ1v) is 13.2. The number of piperidine rings is 3. The van der Waals surface area contributed by atoms with E-state index in [1.165, 1.54) is 43.4 Å². The molecular formula is C28H34N4O2. The molecule has 6 nitrogen and oxygen atoms in total. The minimum absolute atomic E-state index is 0.153. The number of methoxy groups -OCH3 is 1. The minimum atomic E-state index is 0.153. The van der Waals surface area contributed by atoms with Gasteiger partial charge in [0, 0.05) is 30.3 Å². The van der Waals surface area contributed by atoms with Crippen LogP contribution in [-0.4, -0.2) is 64.7 Å². The van der Waals surface area contributed by atoms with Crippen LogP contribution in [0, 0.1) is 11.8 Å². The van der Waals surface area contributed by atoms with Crippen molar-refractivity contribution in [2.24, 2.45) is 11.8 Å². The number of hydrogen-bond donors (Lipinski definition) is 1. The van der Waals surface area contributed by atoms with Gasteiger partial charge in [-0.1, -0.05) is 18.1 Å². The largest absolute Gasteiger partial charge is 0.497 e. The highest BCUT2D eigenvalue weighted by Crippen LogP contribution is 2.45. The molecule has 3 saturated heterocycles. The number of aromatic amines is 1. The van der Waals surface area contributed by atoms with Gasteiger partial charge in [-0.25, -0.2) is 0 Å². The molecule has 1 N–H and O–H groups in total. The Bertz CT molecular complexity index is 1170. The van der Waals surface area contributed by atoms with Gasteiger partial charge in [0.15, 0.2) is 0 Å². The molecule has 6 heteroatoms. The van der Waals surface area contributed by atoms with Crippen molar-refractivity contribution < 1.29 is 9.53 Å². The van der Waals surface area contributed by atoms with Crippen LogP contribution in [0.4, 0.5) is 0 Å². The van der Waals surface area contributed by atoms with Crippen LogP contribution in [0.15, 0.2) is 29.8 Å². The first kappa shape index (κ1) is 20.7. The number of carbonyl (C=O) groups is 1. The maximum absolute atomic E-state index is 14.0. The number of amides is 1. The number of likely N-dealkylation sites (tertiary alicyclic amines) is 1. The van der Waals surface area contributed by atoms with E-state index in [1.807, 2.05) is 6.07 Å². The normalized spacial score (nSPS) is 29.9. The van der Waals surface area contributed by atoms with Crippen molar-refractivity contribution in [1.29, 1.82) is 0 Å². The van der Waals surface area contributed by atoms with E-state index in [0.717, 1.165) is 67.4 Å². The first-order chi connectivity index (χ1) is 16.7. The Morgan fingerprint density at radius 2 is 2.09 bits per heavy atom. The fourth-order valence-electron chi connectivity index (χ4n) is 7.75. The van der Waals surface area contributed by atoms with Gasteiger partial charge in [0.25, 0.3) is 5.91 Å². The number of fused-ring (bicyclic) bond motifs is 9. The van der Waals surface area contributed by atoms with Gasteiger partial charge < -0.3 is 9.64 Å². The number of carbonyl (C=O) groups excluding carboxylic acids is 1. The average molecular weight is 459 g/mol. The number of aryl methyl sites for hydroxylation is 1. The van der Waals surface area contributed by atoms with Gasteiger partial charge in [0.05, 0.1) is 18.8 Å². The van der Waals surface area contributed by atoms with Crippen molar-refractivity contribution in [3.05, 3.63) is 46.7 Å². The third-order valence-electron chi connectivity index (χ3n) is 9.21. The summed E-state index contributed by atoms with van der Waals surface area (Å²) in [5.41, 5.74) is 6.66. The van der Waals surface area contributed by atoms with E-state index in [1.54, 1.807) is 7.11 Å². The molecule has 2 aliphatic carbocycles. The molecule has 3 fully saturated rings. The zero-order valence-corrected chi connectivity index (χ0v) is 20.1. The number of benzene rings is 1. The lowest BCUT2D eigenvalue weighted by Gasteiger charge is -2.54. The lowest BCUT2D eigenvalue weighted by atomic mass is 9.68. The molecule has 4 atom stereocenters. The molecule has 0 radical (unpaired) electrons. The quantitative estimate of drug-likeness (QED) is 0.685. The molecule has 2 aromatic rings.